The van der Waals surface area contributed by atoms with Crippen molar-refractivity contribution in [3.05, 3.63) is 93.4 Å². The molecule has 0 atom stereocenters. The van der Waals surface area contributed by atoms with Crippen LogP contribution in [0.1, 0.15) is 20.9 Å². The highest BCUT2D eigenvalue weighted by atomic mass is 32.1. The number of carbonyl (C=O) groups is 1. The van der Waals surface area contributed by atoms with Crippen LogP contribution in [0.25, 0.3) is 38.5 Å². The average molecular weight is 406 g/mol. The quantitative estimate of drug-likeness (QED) is 0.253. The standard InChI is InChI=1S/C23H10N4O2S/c1-25-17(12-24)19-14-9-5-6-10-15(14)20(28)16(19)11-18-26-22-23(30-18)27-21(29-22)13-7-3-2-4-8-13/h2-11H/b16-11-,19-17-. The molecule has 30 heavy (non-hydrogen) atoms. The molecule has 0 aliphatic heterocycles. The molecule has 0 amide bonds. The summed E-state index contributed by atoms with van der Waals surface area (Å²) in [5.41, 5.74) is 2.80. The third kappa shape index (κ3) is 2.74. The second-order valence-corrected chi connectivity index (χ2v) is 7.44. The van der Waals surface area contributed by atoms with E-state index in [4.69, 9.17) is 11.0 Å². The second kappa shape index (κ2) is 6.93. The van der Waals surface area contributed by atoms with E-state index in [0.717, 1.165) is 5.56 Å². The van der Waals surface area contributed by atoms with E-state index in [9.17, 15) is 10.1 Å². The molecule has 0 unspecified atom stereocenters. The Morgan fingerprint density at radius 3 is 2.53 bits per heavy atom. The Balaban J connectivity index is 1.62. The van der Waals surface area contributed by atoms with Crippen molar-refractivity contribution < 1.29 is 9.21 Å². The zero-order chi connectivity index (χ0) is 20.7. The van der Waals surface area contributed by atoms with E-state index < -0.39 is 0 Å². The van der Waals surface area contributed by atoms with Gasteiger partial charge in [0.1, 0.15) is 5.01 Å². The van der Waals surface area contributed by atoms with E-state index in [2.05, 4.69) is 14.8 Å². The van der Waals surface area contributed by atoms with Gasteiger partial charge in [-0.25, -0.2) is 10.1 Å². The Morgan fingerprint density at radius 1 is 1.10 bits per heavy atom. The van der Waals surface area contributed by atoms with Gasteiger partial charge in [-0.1, -0.05) is 53.8 Å². The van der Waals surface area contributed by atoms with Crippen LogP contribution < -0.4 is 0 Å². The molecule has 1 aliphatic carbocycles. The number of hydrogen-bond acceptors (Lipinski definition) is 6. The predicted molar refractivity (Wildman–Crippen MR) is 113 cm³/mol. The first kappa shape index (κ1) is 17.7. The number of hydrogen-bond donors (Lipinski definition) is 0. The number of carbonyl (C=O) groups excluding carboxylic acids is 1. The molecule has 0 fully saturated rings. The maximum atomic E-state index is 13.0. The number of rotatable bonds is 2. The number of benzene rings is 2. The fourth-order valence-electron chi connectivity index (χ4n) is 3.38. The van der Waals surface area contributed by atoms with Crippen LogP contribution in [0.4, 0.5) is 0 Å². The molecule has 0 bridgehead atoms. The van der Waals surface area contributed by atoms with Crippen molar-refractivity contribution in [1.82, 2.24) is 9.97 Å². The van der Waals surface area contributed by atoms with E-state index in [1.165, 1.54) is 11.3 Å². The lowest BCUT2D eigenvalue weighted by atomic mass is 10.0. The number of thiazole rings is 1. The normalized spacial score (nSPS) is 15.8. The number of Topliss-reactive ketones (excluding diaryl/α,β-unsaturated/α-hetero) is 1. The molecule has 0 N–H and O–H groups in total. The first-order valence-electron chi connectivity index (χ1n) is 8.90. The maximum Gasteiger partial charge on any atom is 0.270 e. The molecule has 1 aliphatic rings. The number of nitriles is 1. The third-order valence-electron chi connectivity index (χ3n) is 4.69. The summed E-state index contributed by atoms with van der Waals surface area (Å²) < 4.78 is 5.77. The largest absolute Gasteiger partial charge is 0.417 e. The molecule has 0 radical (unpaired) electrons. The van der Waals surface area contributed by atoms with Gasteiger partial charge in [-0.3, -0.25) is 4.79 Å². The van der Waals surface area contributed by atoms with Crippen LogP contribution in [0.3, 0.4) is 0 Å². The average Bonchev–Trinajstić information content (AvgIpc) is 3.42. The Labute approximate surface area is 174 Å². The lowest BCUT2D eigenvalue weighted by molar-refractivity contribution is 0.104. The van der Waals surface area contributed by atoms with Crippen molar-refractivity contribution in [1.29, 1.82) is 5.26 Å². The first-order valence-corrected chi connectivity index (χ1v) is 9.72. The second-order valence-electron chi connectivity index (χ2n) is 6.43. The van der Waals surface area contributed by atoms with Crippen LogP contribution >= 0.6 is 11.3 Å². The van der Waals surface area contributed by atoms with Gasteiger partial charge in [0.15, 0.2) is 10.6 Å². The van der Waals surface area contributed by atoms with E-state index in [1.54, 1.807) is 30.3 Å². The molecule has 2 aromatic carbocycles. The molecule has 2 heterocycles. The van der Waals surface area contributed by atoms with Crippen LogP contribution in [0.5, 0.6) is 0 Å². The molecular weight excluding hydrogens is 396 g/mol. The van der Waals surface area contributed by atoms with Crippen molar-refractivity contribution in [2.75, 3.05) is 0 Å². The van der Waals surface area contributed by atoms with Gasteiger partial charge in [0, 0.05) is 22.3 Å². The van der Waals surface area contributed by atoms with Gasteiger partial charge in [0.25, 0.3) is 11.4 Å². The van der Waals surface area contributed by atoms with Crippen molar-refractivity contribution in [3.63, 3.8) is 0 Å². The fraction of sp³-hybridized carbons (Fsp3) is 0. The number of oxazole rings is 1. The zero-order valence-corrected chi connectivity index (χ0v) is 16.1. The van der Waals surface area contributed by atoms with Crippen molar-refractivity contribution in [3.8, 4) is 17.5 Å². The highest BCUT2D eigenvalue weighted by Gasteiger charge is 2.32. The molecule has 140 valence electrons. The van der Waals surface area contributed by atoms with E-state index in [0.29, 0.717) is 38.1 Å². The summed E-state index contributed by atoms with van der Waals surface area (Å²) in [7, 11) is 0. The minimum atomic E-state index is -0.234. The number of allylic oxidation sites excluding steroid dienone is 3. The van der Waals surface area contributed by atoms with Crippen LogP contribution in [0, 0.1) is 17.9 Å². The zero-order valence-electron chi connectivity index (χ0n) is 15.3. The Morgan fingerprint density at radius 2 is 1.83 bits per heavy atom. The number of aromatic nitrogens is 2. The van der Waals surface area contributed by atoms with Crippen molar-refractivity contribution in [2.24, 2.45) is 0 Å². The summed E-state index contributed by atoms with van der Waals surface area (Å²) in [6.45, 7) is 7.34. The van der Waals surface area contributed by atoms with Crippen molar-refractivity contribution in [2.45, 2.75) is 0 Å². The summed E-state index contributed by atoms with van der Waals surface area (Å²) in [5.74, 6) is 0.245. The fourth-order valence-corrected chi connectivity index (χ4v) is 4.19. The van der Waals surface area contributed by atoms with Gasteiger partial charge in [0.05, 0.1) is 12.6 Å². The molecule has 5 rings (SSSR count). The molecule has 7 heteroatoms. The highest BCUT2D eigenvalue weighted by molar-refractivity contribution is 7.18. The highest BCUT2D eigenvalue weighted by Crippen LogP contribution is 2.40. The topological polar surface area (TPSA) is 84.1 Å². The molecule has 0 spiro atoms. The van der Waals surface area contributed by atoms with E-state index >= 15 is 0 Å². The van der Waals surface area contributed by atoms with E-state index in [-0.39, 0.29) is 17.1 Å². The number of ketones is 1. The lowest BCUT2D eigenvalue weighted by Crippen LogP contribution is -1.95. The monoisotopic (exact) mass is 406 g/mol. The Kier molecular flexibility index (Phi) is 4.10. The third-order valence-corrected chi connectivity index (χ3v) is 5.57. The first-order chi connectivity index (χ1) is 14.7. The van der Waals surface area contributed by atoms with Gasteiger partial charge in [-0.2, -0.15) is 9.97 Å². The summed E-state index contributed by atoms with van der Waals surface area (Å²) in [4.78, 5) is 25.8. The SMILES string of the molecule is [C-]#[N+]/C(C#N)=C1\C(=C\c2nc3oc(-c4ccccc4)nc3s2)C(=O)c2ccccc21. The van der Waals surface area contributed by atoms with Gasteiger partial charge in [0.2, 0.25) is 5.89 Å². The minimum absolute atomic E-state index is 0.121. The van der Waals surface area contributed by atoms with Crippen LogP contribution in [-0.4, -0.2) is 15.8 Å². The molecule has 0 saturated carbocycles. The summed E-state index contributed by atoms with van der Waals surface area (Å²) in [6.07, 6.45) is 1.60. The van der Waals surface area contributed by atoms with Crippen molar-refractivity contribution >= 4 is 39.3 Å². The molecule has 0 saturated heterocycles. The molecule has 4 aromatic rings. The van der Waals surface area contributed by atoms with Gasteiger partial charge in [-0.15, -0.1) is 0 Å². The summed E-state index contributed by atoms with van der Waals surface area (Å²) in [6, 6.07) is 18.4. The Bertz CT molecular complexity index is 1430. The smallest absolute Gasteiger partial charge is 0.270 e. The predicted octanol–water partition coefficient (Wildman–Crippen LogP) is 5.39. The van der Waals surface area contributed by atoms with Gasteiger partial charge < -0.3 is 4.42 Å². The maximum absolute atomic E-state index is 13.0. The van der Waals surface area contributed by atoms with Crippen LogP contribution in [0.15, 0.2) is 70.3 Å². The van der Waals surface area contributed by atoms with Gasteiger partial charge in [-0.05, 0) is 23.8 Å². The number of nitrogens with zero attached hydrogens (tertiary/aromatic N) is 4. The summed E-state index contributed by atoms with van der Waals surface area (Å²) in [5, 5.41) is 9.92. The minimum Gasteiger partial charge on any atom is -0.417 e. The molecule has 2 aromatic heterocycles. The van der Waals surface area contributed by atoms with Crippen LogP contribution in [-0.2, 0) is 0 Å². The Hall–Kier alpha value is -4.33. The van der Waals surface area contributed by atoms with Gasteiger partial charge >= 0.3 is 0 Å². The lowest BCUT2D eigenvalue weighted by Gasteiger charge is -2.01. The molecule has 6 nitrogen and oxygen atoms in total. The number of fused-ring (bicyclic) bond motifs is 2. The van der Waals surface area contributed by atoms with E-state index in [1.807, 2.05) is 36.4 Å². The van der Waals surface area contributed by atoms with Crippen LogP contribution in [0.2, 0.25) is 0 Å². The molecular formula is C23H10N4O2S. The summed E-state index contributed by atoms with van der Waals surface area (Å²) >= 11 is 1.28.